The lowest BCUT2D eigenvalue weighted by Gasteiger charge is -2.17. The Labute approximate surface area is 78.1 Å². The number of amides is 1. The molecule has 0 heterocycles. The Bertz CT molecular complexity index is 139. The number of rotatable bonds is 5. The van der Waals surface area contributed by atoms with Crippen LogP contribution in [-0.2, 0) is 4.79 Å². The van der Waals surface area contributed by atoms with Crippen LogP contribution in [0, 0.1) is 0 Å². The predicted molar refractivity (Wildman–Crippen MR) is 52.3 cm³/mol. The summed E-state index contributed by atoms with van der Waals surface area (Å²) >= 11 is 1.52. The lowest BCUT2D eigenvalue weighted by Crippen LogP contribution is -2.30. The largest absolute Gasteiger partial charge is 0.393 e. The molecule has 0 saturated heterocycles. The average Bonchev–Trinajstić information content (AvgIpc) is 2.00. The number of hydrogen-bond donors (Lipinski definition) is 1. The summed E-state index contributed by atoms with van der Waals surface area (Å²) < 4.78 is 0. The fraction of sp³-hybridized carbons (Fsp3) is 0.875. The van der Waals surface area contributed by atoms with E-state index in [-0.39, 0.29) is 12.0 Å². The van der Waals surface area contributed by atoms with Gasteiger partial charge in [-0.05, 0) is 19.6 Å². The SMILES string of the molecule is CSCC(=O)N(C)CCC(C)O. The van der Waals surface area contributed by atoms with Crippen LogP contribution in [0.5, 0.6) is 0 Å². The van der Waals surface area contributed by atoms with E-state index in [1.54, 1.807) is 18.9 Å². The van der Waals surface area contributed by atoms with Gasteiger partial charge in [0, 0.05) is 13.6 Å². The van der Waals surface area contributed by atoms with Crippen molar-refractivity contribution in [3.63, 3.8) is 0 Å². The van der Waals surface area contributed by atoms with E-state index in [0.29, 0.717) is 18.7 Å². The molecule has 0 aliphatic heterocycles. The van der Waals surface area contributed by atoms with Crippen LogP contribution in [0.25, 0.3) is 0 Å². The van der Waals surface area contributed by atoms with Crippen LogP contribution >= 0.6 is 11.8 Å². The number of aliphatic hydroxyl groups is 1. The predicted octanol–water partition coefficient (Wildman–Crippen LogP) is 0.579. The topological polar surface area (TPSA) is 40.5 Å². The van der Waals surface area contributed by atoms with Crippen molar-refractivity contribution in [2.75, 3.05) is 25.6 Å². The van der Waals surface area contributed by atoms with Crippen molar-refractivity contribution in [3.05, 3.63) is 0 Å². The first kappa shape index (κ1) is 11.8. The van der Waals surface area contributed by atoms with Gasteiger partial charge in [0.1, 0.15) is 0 Å². The molecule has 0 saturated carbocycles. The molecule has 1 N–H and O–H groups in total. The molecular weight excluding hydrogens is 174 g/mol. The molecule has 0 spiro atoms. The van der Waals surface area contributed by atoms with E-state index in [1.807, 2.05) is 6.26 Å². The van der Waals surface area contributed by atoms with Crippen LogP contribution in [0.1, 0.15) is 13.3 Å². The highest BCUT2D eigenvalue weighted by atomic mass is 32.2. The van der Waals surface area contributed by atoms with Gasteiger partial charge in [0.05, 0.1) is 11.9 Å². The Morgan fingerprint density at radius 3 is 2.67 bits per heavy atom. The van der Waals surface area contributed by atoms with Gasteiger partial charge in [0.25, 0.3) is 0 Å². The van der Waals surface area contributed by atoms with Crippen LogP contribution in [-0.4, -0.2) is 47.6 Å². The van der Waals surface area contributed by atoms with E-state index in [9.17, 15) is 4.79 Å². The zero-order valence-corrected chi connectivity index (χ0v) is 8.73. The van der Waals surface area contributed by atoms with Crippen molar-refractivity contribution in [2.24, 2.45) is 0 Å². The van der Waals surface area contributed by atoms with Gasteiger partial charge in [-0.15, -0.1) is 0 Å². The number of thioether (sulfide) groups is 1. The zero-order chi connectivity index (χ0) is 9.56. The molecule has 1 atom stereocenters. The Hall–Kier alpha value is -0.220. The minimum absolute atomic E-state index is 0.128. The number of carbonyl (C=O) groups is 1. The van der Waals surface area contributed by atoms with Gasteiger partial charge in [0.15, 0.2) is 0 Å². The summed E-state index contributed by atoms with van der Waals surface area (Å²) in [6.45, 7) is 2.37. The summed E-state index contributed by atoms with van der Waals surface area (Å²) in [6.07, 6.45) is 2.23. The van der Waals surface area contributed by atoms with E-state index in [0.717, 1.165) is 0 Å². The molecule has 0 aliphatic carbocycles. The lowest BCUT2D eigenvalue weighted by molar-refractivity contribution is -0.127. The third-order valence-corrected chi connectivity index (χ3v) is 2.11. The summed E-state index contributed by atoms with van der Waals surface area (Å²) in [5.74, 6) is 0.652. The first-order valence-corrected chi connectivity index (χ1v) is 5.38. The Morgan fingerprint density at radius 1 is 1.67 bits per heavy atom. The van der Waals surface area contributed by atoms with Crippen molar-refractivity contribution in [2.45, 2.75) is 19.4 Å². The summed E-state index contributed by atoms with van der Waals surface area (Å²) in [5.41, 5.74) is 0. The minimum atomic E-state index is -0.325. The highest BCUT2D eigenvalue weighted by molar-refractivity contribution is 7.99. The number of hydrogen-bond acceptors (Lipinski definition) is 3. The number of aliphatic hydroxyl groups excluding tert-OH is 1. The van der Waals surface area contributed by atoms with Crippen LogP contribution in [0.2, 0.25) is 0 Å². The third kappa shape index (κ3) is 5.43. The molecule has 0 aliphatic rings. The second-order valence-corrected chi connectivity index (χ2v) is 3.75. The quantitative estimate of drug-likeness (QED) is 0.691. The molecule has 0 fully saturated rings. The van der Waals surface area contributed by atoms with E-state index >= 15 is 0 Å². The van der Waals surface area contributed by atoms with E-state index in [1.165, 1.54) is 11.8 Å². The third-order valence-electron chi connectivity index (χ3n) is 1.58. The van der Waals surface area contributed by atoms with Crippen molar-refractivity contribution in [1.82, 2.24) is 4.90 Å². The molecule has 1 amide bonds. The molecule has 0 rings (SSSR count). The maximum absolute atomic E-state index is 11.2. The molecule has 4 heteroatoms. The van der Waals surface area contributed by atoms with E-state index in [4.69, 9.17) is 5.11 Å². The van der Waals surface area contributed by atoms with Gasteiger partial charge in [0.2, 0.25) is 5.91 Å². The summed E-state index contributed by atoms with van der Waals surface area (Å²) in [7, 11) is 1.76. The first-order chi connectivity index (χ1) is 5.57. The van der Waals surface area contributed by atoms with Gasteiger partial charge in [-0.3, -0.25) is 4.79 Å². The van der Waals surface area contributed by atoms with Gasteiger partial charge in [-0.25, -0.2) is 0 Å². The Morgan fingerprint density at radius 2 is 2.25 bits per heavy atom. The van der Waals surface area contributed by atoms with Crippen molar-refractivity contribution >= 4 is 17.7 Å². The maximum atomic E-state index is 11.2. The highest BCUT2D eigenvalue weighted by Gasteiger charge is 2.07. The average molecular weight is 191 g/mol. The van der Waals surface area contributed by atoms with E-state index < -0.39 is 0 Å². The molecule has 0 aromatic rings. The van der Waals surface area contributed by atoms with Gasteiger partial charge >= 0.3 is 0 Å². The van der Waals surface area contributed by atoms with E-state index in [2.05, 4.69) is 0 Å². The molecule has 0 aromatic carbocycles. The van der Waals surface area contributed by atoms with Crippen LogP contribution < -0.4 is 0 Å². The Balaban J connectivity index is 3.56. The molecule has 3 nitrogen and oxygen atoms in total. The molecule has 0 bridgehead atoms. The van der Waals surface area contributed by atoms with Gasteiger partial charge in [-0.2, -0.15) is 11.8 Å². The molecule has 12 heavy (non-hydrogen) atoms. The fourth-order valence-corrected chi connectivity index (χ4v) is 1.21. The van der Waals surface area contributed by atoms with Crippen molar-refractivity contribution in [3.8, 4) is 0 Å². The van der Waals surface area contributed by atoms with Crippen LogP contribution in [0.15, 0.2) is 0 Å². The maximum Gasteiger partial charge on any atom is 0.232 e. The monoisotopic (exact) mass is 191 g/mol. The molecule has 0 radical (unpaired) electrons. The van der Waals surface area contributed by atoms with Gasteiger partial charge in [-0.1, -0.05) is 0 Å². The van der Waals surface area contributed by atoms with Crippen LogP contribution in [0.4, 0.5) is 0 Å². The second-order valence-electron chi connectivity index (χ2n) is 2.89. The number of carbonyl (C=O) groups excluding carboxylic acids is 1. The standard InChI is InChI=1S/C8H17NO2S/c1-7(10)4-5-9(2)8(11)6-12-3/h7,10H,4-6H2,1-3H3. The summed E-state index contributed by atoms with van der Waals surface area (Å²) in [4.78, 5) is 12.8. The second kappa shape index (κ2) is 6.31. The zero-order valence-electron chi connectivity index (χ0n) is 7.91. The summed E-state index contributed by atoms with van der Waals surface area (Å²) in [5, 5.41) is 8.97. The molecular formula is C8H17NO2S. The van der Waals surface area contributed by atoms with Crippen molar-refractivity contribution < 1.29 is 9.90 Å². The molecule has 0 aromatic heterocycles. The highest BCUT2D eigenvalue weighted by Crippen LogP contribution is 1.98. The molecule has 1 unspecified atom stereocenters. The first-order valence-electron chi connectivity index (χ1n) is 3.99. The summed E-state index contributed by atoms with van der Waals surface area (Å²) in [6, 6.07) is 0. The minimum Gasteiger partial charge on any atom is -0.393 e. The fourth-order valence-electron chi connectivity index (χ4n) is 0.739. The lowest BCUT2D eigenvalue weighted by atomic mass is 10.3. The number of nitrogens with zero attached hydrogens (tertiary/aromatic N) is 1. The molecule has 72 valence electrons. The Kier molecular flexibility index (Phi) is 6.20. The smallest absolute Gasteiger partial charge is 0.232 e. The van der Waals surface area contributed by atoms with Crippen molar-refractivity contribution in [1.29, 1.82) is 0 Å². The normalized spacial score (nSPS) is 12.7. The van der Waals surface area contributed by atoms with Crippen LogP contribution in [0.3, 0.4) is 0 Å². The van der Waals surface area contributed by atoms with Gasteiger partial charge < -0.3 is 10.0 Å².